The Labute approximate surface area is 145 Å². The summed E-state index contributed by atoms with van der Waals surface area (Å²) in [5, 5.41) is 11.0. The van der Waals surface area contributed by atoms with Crippen molar-refractivity contribution in [3.05, 3.63) is 28.5 Å². The molecule has 1 aliphatic heterocycles. The lowest BCUT2D eigenvalue weighted by molar-refractivity contribution is -0.0486. The highest BCUT2D eigenvalue weighted by Crippen LogP contribution is 2.53. The van der Waals surface area contributed by atoms with Crippen LogP contribution >= 0.6 is 15.9 Å². The van der Waals surface area contributed by atoms with Crippen LogP contribution in [0.15, 0.2) is 22.8 Å². The van der Waals surface area contributed by atoms with Crippen molar-refractivity contribution in [2.45, 2.75) is 51.2 Å². The molecule has 3 rings (SSSR count). The Morgan fingerprint density at radius 3 is 2.61 bits per heavy atom. The Morgan fingerprint density at radius 2 is 2.04 bits per heavy atom. The van der Waals surface area contributed by atoms with E-state index in [0.717, 1.165) is 10.9 Å². The van der Waals surface area contributed by atoms with Crippen molar-refractivity contribution in [3.8, 4) is 0 Å². The lowest BCUT2D eigenvalue weighted by Crippen LogP contribution is -2.58. The van der Waals surface area contributed by atoms with E-state index in [1.54, 1.807) is 11.1 Å². The molecule has 1 saturated heterocycles. The first-order chi connectivity index (χ1) is 10.6. The van der Waals surface area contributed by atoms with Gasteiger partial charge in [-0.05, 0) is 68.1 Å². The number of aliphatic hydroxyl groups is 1. The van der Waals surface area contributed by atoms with Gasteiger partial charge in [0.2, 0.25) is 0 Å². The van der Waals surface area contributed by atoms with E-state index in [1.165, 1.54) is 0 Å². The normalized spacial score (nSPS) is 26.2. The number of halogens is 1. The maximum absolute atomic E-state index is 12.1. The van der Waals surface area contributed by atoms with Crippen molar-refractivity contribution in [1.82, 2.24) is 9.88 Å². The summed E-state index contributed by atoms with van der Waals surface area (Å²) in [7, 11) is 0. The number of amides is 1. The number of nitrogens with zero attached hydrogens (tertiary/aromatic N) is 2. The number of carbonyl (C=O) groups is 1. The second kappa shape index (κ2) is 5.45. The predicted molar refractivity (Wildman–Crippen MR) is 89.9 cm³/mol. The summed E-state index contributed by atoms with van der Waals surface area (Å²) in [5.74, 6) is 0. The van der Waals surface area contributed by atoms with Crippen molar-refractivity contribution in [2.24, 2.45) is 5.41 Å². The zero-order valence-electron chi connectivity index (χ0n) is 13.8. The monoisotopic (exact) mass is 382 g/mol. The minimum absolute atomic E-state index is 0.000405. The van der Waals surface area contributed by atoms with E-state index < -0.39 is 11.2 Å². The standard InChI is InChI=1S/C17H23BrN2O3/c1-15(2,3)23-14(21)20-10-16(11-20)6-7-17(22,9-16)13-5-4-12(18)8-19-13/h4-5,8,22H,6-7,9-11H2,1-3H3. The fraction of sp³-hybridized carbons (Fsp3) is 0.647. The molecule has 126 valence electrons. The fourth-order valence-electron chi connectivity index (χ4n) is 3.63. The molecule has 0 aromatic carbocycles. The highest BCUT2D eigenvalue weighted by Gasteiger charge is 2.56. The van der Waals surface area contributed by atoms with Gasteiger partial charge >= 0.3 is 6.09 Å². The molecule has 1 atom stereocenters. The highest BCUT2D eigenvalue weighted by molar-refractivity contribution is 9.10. The molecule has 2 fully saturated rings. The summed E-state index contributed by atoms with van der Waals surface area (Å²) in [4.78, 5) is 18.2. The Bertz CT molecular complexity index is 605. The third-order valence-corrected chi connectivity index (χ3v) is 5.11. The number of rotatable bonds is 1. The third-order valence-electron chi connectivity index (χ3n) is 4.64. The molecular weight excluding hydrogens is 360 g/mol. The van der Waals surface area contributed by atoms with Crippen molar-refractivity contribution >= 4 is 22.0 Å². The van der Waals surface area contributed by atoms with Gasteiger partial charge in [-0.25, -0.2) is 4.79 Å². The van der Waals surface area contributed by atoms with Crippen LogP contribution in [0.3, 0.4) is 0 Å². The van der Waals surface area contributed by atoms with E-state index >= 15 is 0 Å². The number of hydrogen-bond donors (Lipinski definition) is 1. The van der Waals surface area contributed by atoms with Gasteiger partial charge in [0.1, 0.15) is 11.2 Å². The van der Waals surface area contributed by atoms with Crippen molar-refractivity contribution in [2.75, 3.05) is 13.1 Å². The molecule has 1 aromatic heterocycles. The van der Waals surface area contributed by atoms with Gasteiger partial charge in [0, 0.05) is 29.2 Å². The molecule has 1 amide bonds. The summed E-state index contributed by atoms with van der Waals surface area (Å²) in [6.45, 7) is 6.91. The van der Waals surface area contributed by atoms with Gasteiger partial charge in [0.25, 0.3) is 0 Å². The van der Waals surface area contributed by atoms with Crippen molar-refractivity contribution in [3.63, 3.8) is 0 Å². The average molecular weight is 383 g/mol. The lowest BCUT2D eigenvalue weighted by Gasteiger charge is -2.48. The van der Waals surface area contributed by atoms with Gasteiger partial charge < -0.3 is 14.7 Å². The molecule has 0 radical (unpaired) electrons. The highest BCUT2D eigenvalue weighted by atomic mass is 79.9. The van der Waals surface area contributed by atoms with Crippen LogP contribution in [0, 0.1) is 5.41 Å². The van der Waals surface area contributed by atoms with E-state index in [2.05, 4.69) is 20.9 Å². The molecule has 23 heavy (non-hydrogen) atoms. The van der Waals surface area contributed by atoms with Gasteiger partial charge in [0.15, 0.2) is 0 Å². The minimum Gasteiger partial charge on any atom is -0.444 e. The molecule has 1 N–H and O–H groups in total. The SMILES string of the molecule is CC(C)(C)OC(=O)N1CC2(CCC(O)(c3ccc(Br)cn3)C2)C1. The molecule has 2 heterocycles. The first-order valence-corrected chi connectivity index (χ1v) is 8.73. The summed E-state index contributed by atoms with van der Waals surface area (Å²) in [6, 6.07) is 3.77. The fourth-order valence-corrected chi connectivity index (χ4v) is 3.86. The molecule has 1 spiro atoms. The number of hydrogen-bond acceptors (Lipinski definition) is 4. The summed E-state index contributed by atoms with van der Waals surface area (Å²) in [5.41, 5.74) is -0.646. The molecule has 6 heteroatoms. The maximum Gasteiger partial charge on any atom is 0.410 e. The second-order valence-corrected chi connectivity index (χ2v) is 8.82. The summed E-state index contributed by atoms with van der Waals surface area (Å²) >= 11 is 3.36. The molecule has 2 aliphatic rings. The number of pyridine rings is 1. The number of ether oxygens (including phenoxy) is 1. The Balaban J connectivity index is 1.63. The van der Waals surface area contributed by atoms with Gasteiger partial charge in [-0.15, -0.1) is 0 Å². The van der Waals surface area contributed by atoms with Crippen LogP contribution in [0.25, 0.3) is 0 Å². The summed E-state index contributed by atoms with van der Waals surface area (Å²) in [6.07, 6.45) is 3.69. The van der Waals surface area contributed by atoms with Crippen molar-refractivity contribution < 1.29 is 14.6 Å². The first-order valence-electron chi connectivity index (χ1n) is 7.93. The number of likely N-dealkylation sites (tertiary alicyclic amines) is 1. The van der Waals surface area contributed by atoms with E-state index in [9.17, 15) is 9.90 Å². The minimum atomic E-state index is -0.888. The van der Waals surface area contributed by atoms with Crippen LogP contribution in [-0.4, -0.2) is 39.8 Å². The summed E-state index contributed by atoms with van der Waals surface area (Å²) < 4.78 is 6.30. The second-order valence-electron chi connectivity index (χ2n) is 7.91. The van der Waals surface area contributed by atoms with Gasteiger partial charge in [-0.1, -0.05) is 0 Å². The maximum atomic E-state index is 12.1. The van der Waals surface area contributed by atoms with Crippen LogP contribution in [0.2, 0.25) is 0 Å². The Morgan fingerprint density at radius 1 is 1.35 bits per heavy atom. The number of aromatic nitrogens is 1. The van der Waals surface area contributed by atoms with Crippen LogP contribution in [0.5, 0.6) is 0 Å². The molecule has 0 bridgehead atoms. The average Bonchev–Trinajstić information content (AvgIpc) is 2.75. The van der Waals surface area contributed by atoms with E-state index in [1.807, 2.05) is 32.9 Å². The van der Waals surface area contributed by atoms with Gasteiger partial charge in [-0.3, -0.25) is 4.98 Å². The Kier molecular flexibility index (Phi) is 3.96. The number of carbonyl (C=O) groups excluding carboxylic acids is 1. The zero-order valence-corrected chi connectivity index (χ0v) is 15.4. The molecule has 1 aromatic rings. The smallest absolute Gasteiger partial charge is 0.410 e. The molecule has 1 aliphatic carbocycles. The van der Waals surface area contributed by atoms with Crippen molar-refractivity contribution in [1.29, 1.82) is 0 Å². The van der Waals surface area contributed by atoms with Crippen LogP contribution < -0.4 is 0 Å². The lowest BCUT2D eigenvalue weighted by atomic mass is 9.77. The third kappa shape index (κ3) is 3.38. The molecule has 5 nitrogen and oxygen atoms in total. The molecular formula is C17H23BrN2O3. The van der Waals surface area contributed by atoms with E-state index in [4.69, 9.17) is 4.74 Å². The van der Waals surface area contributed by atoms with Gasteiger partial charge in [-0.2, -0.15) is 0 Å². The Hall–Kier alpha value is -1.14. The van der Waals surface area contributed by atoms with E-state index in [0.29, 0.717) is 31.6 Å². The topological polar surface area (TPSA) is 62.7 Å². The zero-order chi connectivity index (χ0) is 16.9. The van der Waals surface area contributed by atoms with Crippen LogP contribution in [0.1, 0.15) is 45.7 Å². The first kappa shape index (κ1) is 16.7. The molecule has 1 saturated carbocycles. The largest absolute Gasteiger partial charge is 0.444 e. The van der Waals surface area contributed by atoms with E-state index in [-0.39, 0.29) is 11.5 Å². The van der Waals surface area contributed by atoms with Crippen LogP contribution in [0.4, 0.5) is 4.79 Å². The quantitative estimate of drug-likeness (QED) is 0.807. The van der Waals surface area contributed by atoms with Gasteiger partial charge in [0.05, 0.1) is 5.69 Å². The van der Waals surface area contributed by atoms with Crippen LogP contribution in [-0.2, 0) is 10.3 Å². The predicted octanol–water partition coefficient (Wildman–Crippen LogP) is 3.45. The molecule has 1 unspecified atom stereocenters.